The third-order valence-corrected chi connectivity index (χ3v) is 2.32. The van der Waals surface area contributed by atoms with E-state index in [1.54, 1.807) is 0 Å². The minimum Gasteiger partial charge on any atom is -0.387 e. The highest BCUT2D eigenvalue weighted by Gasteiger charge is 2.28. The first kappa shape index (κ1) is 8.53. The Balaban J connectivity index is 2.08. The van der Waals surface area contributed by atoms with Crippen LogP contribution in [0.4, 0.5) is 0 Å². The van der Waals surface area contributed by atoms with Crippen LogP contribution in [0.1, 0.15) is 26.2 Å². The zero-order valence-electron chi connectivity index (χ0n) is 6.84. The molecule has 1 amide bonds. The molecular weight excluding hydrogens is 142 g/mol. The zero-order valence-corrected chi connectivity index (χ0v) is 6.84. The van der Waals surface area contributed by atoms with E-state index in [2.05, 4.69) is 12.2 Å². The monoisotopic (exact) mass is 157 g/mol. The minimum atomic E-state index is -0.382. The van der Waals surface area contributed by atoms with Gasteiger partial charge in [0.15, 0.2) is 0 Å². The number of carbonyl (C=O) groups excluding carboxylic acids is 1. The SMILES string of the molecule is CCC1CC(NC(=O)CO)C1. The number of aliphatic hydroxyl groups is 1. The van der Waals surface area contributed by atoms with Gasteiger partial charge in [-0.1, -0.05) is 13.3 Å². The highest BCUT2D eigenvalue weighted by molar-refractivity contribution is 5.77. The van der Waals surface area contributed by atoms with Gasteiger partial charge in [0.2, 0.25) is 5.91 Å². The van der Waals surface area contributed by atoms with Crippen LogP contribution in [0.15, 0.2) is 0 Å². The molecule has 1 saturated carbocycles. The Morgan fingerprint density at radius 2 is 2.27 bits per heavy atom. The van der Waals surface area contributed by atoms with E-state index in [1.165, 1.54) is 6.42 Å². The van der Waals surface area contributed by atoms with Gasteiger partial charge in [0.05, 0.1) is 0 Å². The molecule has 1 fully saturated rings. The largest absolute Gasteiger partial charge is 0.387 e. The Morgan fingerprint density at radius 3 is 2.73 bits per heavy atom. The molecule has 0 unspecified atom stereocenters. The Labute approximate surface area is 66.8 Å². The van der Waals surface area contributed by atoms with Gasteiger partial charge in [-0.2, -0.15) is 0 Å². The molecule has 1 rings (SSSR count). The van der Waals surface area contributed by atoms with Crippen molar-refractivity contribution in [2.75, 3.05) is 6.61 Å². The van der Waals surface area contributed by atoms with E-state index in [0.717, 1.165) is 18.8 Å². The van der Waals surface area contributed by atoms with Crippen LogP contribution in [0, 0.1) is 5.92 Å². The molecule has 11 heavy (non-hydrogen) atoms. The maximum absolute atomic E-state index is 10.6. The van der Waals surface area contributed by atoms with Gasteiger partial charge in [0.1, 0.15) is 6.61 Å². The van der Waals surface area contributed by atoms with Crippen LogP contribution in [0.5, 0.6) is 0 Å². The number of carbonyl (C=O) groups is 1. The second-order valence-corrected chi connectivity index (χ2v) is 3.17. The van der Waals surface area contributed by atoms with Gasteiger partial charge in [-0.3, -0.25) is 4.79 Å². The van der Waals surface area contributed by atoms with Crippen LogP contribution in [0.2, 0.25) is 0 Å². The quantitative estimate of drug-likeness (QED) is 0.618. The van der Waals surface area contributed by atoms with E-state index in [9.17, 15) is 4.79 Å². The number of rotatable bonds is 3. The maximum atomic E-state index is 10.6. The lowest BCUT2D eigenvalue weighted by Gasteiger charge is -2.34. The Hall–Kier alpha value is -0.570. The van der Waals surface area contributed by atoms with Gasteiger partial charge in [-0.05, 0) is 18.8 Å². The number of nitrogens with one attached hydrogen (secondary N) is 1. The molecule has 2 N–H and O–H groups in total. The topological polar surface area (TPSA) is 49.3 Å². The van der Waals surface area contributed by atoms with Crippen molar-refractivity contribution in [3.05, 3.63) is 0 Å². The summed E-state index contributed by atoms with van der Waals surface area (Å²) in [6, 6.07) is 0.333. The first-order valence-electron chi connectivity index (χ1n) is 4.16. The lowest BCUT2D eigenvalue weighted by molar-refractivity contribution is -0.125. The van der Waals surface area contributed by atoms with E-state index in [0.29, 0.717) is 6.04 Å². The van der Waals surface area contributed by atoms with E-state index in [4.69, 9.17) is 5.11 Å². The summed E-state index contributed by atoms with van der Waals surface area (Å²) in [5.41, 5.74) is 0. The lowest BCUT2D eigenvalue weighted by Crippen LogP contribution is -2.45. The lowest BCUT2D eigenvalue weighted by atomic mass is 9.79. The number of amides is 1. The minimum absolute atomic E-state index is 0.246. The second-order valence-electron chi connectivity index (χ2n) is 3.17. The molecular formula is C8H15NO2. The smallest absolute Gasteiger partial charge is 0.245 e. The fourth-order valence-electron chi connectivity index (χ4n) is 1.46. The predicted molar refractivity (Wildman–Crippen MR) is 42.0 cm³/mol. The summed E-state index contributed by atoms with van der Waals surface area (Å²) in [5, 5.41) is 11.2. The molecule has 0 aromatic rings. The van der Waals surface area contributed by atoms with Crippen molar-refractivity contribution in [2.24, 2.45) is 5.92 Å². The van der Waals surface area contributed by atoms with Crippen molar-refractivity contribution < 1.29 is 9.90 Å². The Morgan fingerprint density at radius 1 is 1.64 bits per heavy atom. The zero-order chi connectivity index (χ0) is 8.27. The van der Waals surface area contributed by atoms with E-state index >= 15 is 0 Å². The molecule has 0 aliphatic heterocycles. The van der Waals surface area contributed by atoms with Crippen LogP contribution in [-0.2, 0) is 4.79 Å². The van der Waals surface area contributed by atoms with Crippen molar-refractivity contribution in [1.82, 2.24) is 5.32 Å². The Kier molecular flexibility index (Phi) is 2.88. The normalized spacial score (nSPS) is 29.3. The molecule has 0 heterocycles. The second kappa shape index (κ2) is 3.72. The number of hydrogen-bond donors (Lipinski definition) is 2. The average Bonchev–Trinajstić information content (AvgIpc) is 1.95. The summed E-state index contributed by atoms with van der Waals surface area (Å²) >= 11 is 0. The highest BCUT2D eigenvalue weighted by atomic mass is 16.3. The number of aliphatic hydroxyl groups excluding tert-OH is 1. The summed E-state index contributed by atoms with van der Waals surface area (Å²) in [6.45, 7) is 1.78. The van der Waals surface area contributed by atoms with Crippen molar-refractivity contribution >= 4 is 5.91 Å². The molecule has 0 bridgehead atoms. The van der Waals surface area contributed by atoms with Crippen molar-refractivity contribution in [1.29, 1.82) is 0 Å². The third-order valence-electron chi connectivity index (χ3n) is 2.32. The van der Waals surface area contributed by atoms with Crippen LogP contribution in [0.25, 0.3) is 0 Å². The predicted octanol–water partition coefficient (Wildman–Crippen LogP) is 0.283. The van der Waals surface area contributed by atoms with Crippen molar-refractivity contribution in [2.45, 2.75) is 32.2 Å². The molecule has 0 aromatic carbocycles. The molecule has 3 heteroatoms. The fraction of sp³-hybridized carbons (Fsp3) is 0.875. The summed E-state index contributed by atoms with van der Waals surface area (Å²) < 4.78 is 0. The van der Waals surface area contributed by atoms with Gasteiger partial charge < -0.3 is 10.4 Å². The molecule has 1 aliphatic rings. The summed E-state index contributed by atoms with van der Waals surface area (Å²) in [5.74, 6) is 0.545. The van der Waals surface area contributed by atoms with Gasteiger partial charge in [-0.25, -0.2) is 0 Å². The maximum Gasteiger partial charge on any atom is 0.245 e. The van der Waals surface area contributed by atoms with E-state index in [1.807, 2.05) is 0 Å². The standard InChI is InChI=1S/C8H15NO2/c1-2-6-3-7(4-6)9-8(11)5-10/h6-7,10H,2-5H2,1H3,(H,9,11). The summed E-state index contributed by atoms with van der Waals surface area (Å²) in [7, 11) is 0. The Bertz CT molecular complexity index is 141. The molecule has 0 saturated heterocycles. The summed E-state index contributed by atoms with van der Waals surface area (Å²) in [4.78, 5) is 10.6. The van der Waals surface area contributed by atoms with Gasteiger partial charge >= 0.3 is 0 Å². The third kappa shape index (κ3) is 2.19. The van der Waals surface area contributed by atoms with Crippen molar-refractivity contribution in [3.63, 3.8) is 0 Å². The highest BCUT2D eigenvalue weighted by Crippen LogP contribution is 2.29. The molecule has 3 nitrogen and oxygen atoms in total. The van der Waals surface area contributed by atoms with E-state index in [-0.39, 0.29) is 12.5 Å². The first-order valence-corrected chi connectivity index (χ1v) is 4.16. The molecule has 0 spiro atoms. The van der Waals surface area contributed by atoms with E-state index < -0.39 is 0 Å². The molecule has 0 aromatic heterocycles. The van der Waals surface area contributed by atoms with Gasteiger partial charge in [0, 0.05) is 6.04 Å². The molecule has 64 valence electrons. The average molecular weight is 157 g/mol. The van der Waals surface area contributed by atoms with Crippen molar-refractivity contribution in [3.8, 4) is 0 Å². The van der Waals surface area contributed by atoms with Gasteiger partial charge in [-0.15, -0.1) is 0 Å². The fourth-order valence-corrected chi connectivity index (χ4v) is 1.46. The van der Waals surface area contributed by atoms with Crippen LogP contribution >= 0.6 is 0 Å². The molecule has 0 atom stereocenters. The first-order chi connectivity index (χ1) is 5.26. The van der Waals surface area contributed by atoms with Crippen LogP contribution in [-0.4, -0.2) is 23.7 Å². The van der Waals surface area contributed by atoms with Crippen LogP contribution in [0.3, 0.4) is 0 Å². The molecule has 1 aliphatic carbocycles. The molecule has 0 radical (unpaired) electrons. The van der Waals surface area contributed by atoms with Crippen LogP contribution < -0.4 is 5.32 Å². The van der Waals surface area contributed by atoms with Gasteiger partial charge in [0.25, 0.3) is 0 Å². The number of hydrogen-bond acceptors (Lipinski definition) is 2. The summed E-state index contributed by atoms with van der Waals surface area (Å²) in [6.07, 6.45) is 3.37.